The number of hydrogen-bond donors (Lipinski definition) is 0. The first-order valence-corrected chi connectivity index (χ1v) is 5.77. The SMILES string of the molecule is CCC(C#N)Cc1c(C)cc(OC)cc1OC. The minimum atomic E-state index is 0.0380. The third-order valence-corrected chi connectivity index (χ3v) is 2.99. The highest BCUT2D eigenvalue weighted by Gasteiger charge is 2.14. The Morgan fingerprint density at radius 3 is 2.47 bits per heavy atom. The Morgan fingerprint density at radius 1 is 1.29 bits per heavy atom. The molecule has 0 saturated heterocycles. The minimum absolute atomic E-state index is 0.0380. The van der Waals surface area contributed by atoms with Gasteiger partial charge in [0.15, 0.2) is 0 Å². The molecule has 1 atom stereocenters. The van der Waals surface area contributed by atoms with E-state index in [2.05, 4.69) is 6.07 Å². The fourth-order valence-electron chi connectivity index (χ4n) is 1.84. The summed E-state index contributed by atoms with van der Waals surface area (Å²) < 4.78 is 10.6. The Labute approximate surface area is 103 Å². The molecule has 0 radical (unpaired) electrons. The van der Waals surface area contributed by atoms with Gasteiger partial charge < -0.3 is 9.47 Å². The van der Waals surface area contributed by atoms with E-state index in [1.54, 1.807) is 14.2 Å². The number of benzene rings is 1. The molecular formula is C14H19NO2. The molecule has 0 fully saturated rings. The van der Waals surface area contributed by atoms with Crippen molar-refractivity contribution in [2.75, 3.05) is 14.2 Å². The molecule has 3 heteroatoms. The minimum Gasteiger partial charge on any atom is -0.497 e. The number of rotatable bonds is 5. The zero-order chi connectivity index (χ0) is 12.8. The van der Waals surface area contributed by atoms with Gasteiger partial charge in [0.2, 0.25) is 0 Å². The van der Waals surface area contributed by atoms with E-state index in [-0.39, 0.29) is 5.92 Å². The number of ether oxygens (including phenoxy) is 2. The lowest BCUT2D eigenvalue weighted by Crippen LogP contribution is -2.04. The smallest absolute Gasteiger partial charge is 0.126 e. The van der Waals surface area contributed by atoms with E-state index in [4.69, 9.17) is 14.7 Å². The average molecular weight is 233 g/mol. The maximum atomic E-state index is 9.03. The summed E-state index contributed by atoms with van der Waals surface area (Å²) in [6.45, 7) is 4.05. The lowest BCUT2D eigenvalue weighted by molar-refractivity contribution is 0.388. The van der Waals surface area contributed by atoms with Crippen molar-refractivity contribution in [1.82, 2.24) is 0 Å². The number of aryl methyl sites for hydroxylation is 1. The normalized spacial score (nSPS) is 11.7. The van der Waals surface area contributed by atoms with E-state index in [0.717, 1.165) is 35.5 Å². The quantitative estimate of drug-likeness (QED) is 0.784. The Hall–Kier alpha value is -1.69. The lowest BCUT2D eigenvalue weighted by atomic mass is 9.94. The third-order valence-electron chi connectivity index (χ3n) is 2.99. The summed E-state index contributed by atoms with van der Waals surface area (Å²) in [4.78, 5) is 0. The Morgan fingerprint density at radius 2 is 2.00 bits per heavy atom. The van der Waals surface area contributed by atoms with E-state index in [1.165, 1.54) is 0 Å². The Balaban J connectivity index is 3.10. The van der Waals surface area contributed by atoms with Crippen molar-refractivity contribution in [3.63, 3.8) is 0 Å². The van der Waals surface area contributed by atoms with E-state index in [0.29, 0.717) is 0 Å². The highest BCUT2D eigenvalue weighted by Crippen LogP contribution is 2.30. The van der Waals surface area contributed by atoms with Crippen LogP contribution in [0.2, 0.25) is 0 Å². The summed E-state index contributed by atoms with van der Waals surface area (Å²) in [5, 5.41) is 9.03. The molecule has 3 nitrogen and oxygen atoms in total. The predicted molar refractivity (Wildman–Crippen MR) is 67.4 cm³/mol. The van der Waals surface area contributed by atoms with Crippen LogP contribution in [-0.4, -0.2) is 14.2 Å². The zero-order valence-corrected chi connectivity index (χ0v) is 10.9. The molecule has 0 saturated carbocycles. The monoisotopic (exact) mass is 233 g/mol. The van der Waals surface area contributed by atoms with Crippen molar-refractivity contribution in [2.45, 2.75) is 26.7 Å². The van der Waals surface area contributed by atoms with E-state index in [1.807, 2.05) is 26.0 Å². The van der Waals surface area contributed by atoms with Gasteiger partial charge in [-0.3, -0.25) is 0 Å². The molecular weight excluding hydrogens is 214 g/mol. The van der Waals surface area contributed by atoms with Crippen molar-refractivity contribution in [1.29, 1.82) is 5.26 Å². The average Bonchev–Trinajstić information content (AvgIpc) is 2.36. The molecule has 1 aromatic rings. The summed E-state index contributed by atoms with van der Waals surface area (Å²) in [6, 6.07) is 6.16. The summed E-state index contributed by atoms with van der Waals surface area (Å²) in [5.41, 5.74) is 2.21. The summed E-state index contributed by atoms with van der Waals surface area (Å²) in [5.74, 6) is 1.62. The van der Waals surface area contributed by atoms with Crippen LogP contribution in [0, 0.1) is 24.2 Å². The fraction of sp³-hybridized carbons (Fsp3) is 0.500. The highest BCUT2D eigenvalue weighted by atomic mass is 16.5. The second-order valence-electron chi connectivity index (χ2n) is 4.06. The van der Waals surface area contributed by atoms with Gasteiger partial charge in [0.25, 0.3) is 0 Å². The molecule has 92 valence electrons. The maximum Gasteiger partial charge on any atom is 0.126 e. The molecule has 1 rings (SSSR count). The molecule has 0 amide bonds. The summed E-state index contributed by atoms with van der Waals surface area (Å²) in [6.07, 6.45) is 1.58. The first-order chi connectivity index (χ1) is 8.15. The second-order valence-corrected chi connectivity index (χ2v) is 4.06. The van der Waals surface area contributed by atoms with Gasteiger partial charge in [-0.05, 0) is 37.0 Å². The van der Waals surface area contributed by atoms with Crippen molar-refractivity contribution in [3.05, 3.63) is 23.3 Å². The van der Waals surface area contributed by atoms with E-state index in [9.17, 15) is 0 Å². The summed E-state index contributed by atoms with van der Waals surface area (Å²) >= 11 is 0. The van der Waals surface area contributed by atoms with E-state index < -0.39 is 0 Å². The largest absolute Gasteiger partial charge is 0.497 e. The third kappa shape index (κ3) is 3.13. The molecule has 0 N–H and O–H groups in total. The van der Waals surface area contributed by atoms with Crippen LogP contribution in [0.3, 0.4) is 0 Å². The van der Waals surface area contributed by atoms with Gasteiger partial charge in [-0.2, -0.15) is 5.26 Å². The second kappa shape index (κ2) is 6.15. The maximum absolute atomic E-state index is 9.03. The topological polar surface area (TPSA) is 42.2 Å². The van der Waals surface area contributed by atoms with Crippen LogP contribution in [0.1, 0.15) is 24.5 Å². The van der Waals surface area contributed by atoms with Crippen molar-refractivity contribution >= 4 is 0 Å². The highest BCUT2D eigenvalue weighted by molar-refractivity contribution is 5.46. The molecule has 0 aliphatic rings. The molecule has 17 heavy (non-hydrogen) atoms. The van der Waals surface area contributed by atoms with Crippen LogP contribution in [0.15, 0.2) is 12.1 Å². The first-order valence-electron chi connectivity index (χ1n) is 5.77. The van der Waals surface area contributed by atoms with Gasteiger partial charge >= 0.3 is 0 Å². The molecule has 0 aromatic heterocycles. The molecule has 0 aliphatic heterocycles. The van der Waals surface area contributed by atoms with Crippen LogP contribution in [0.4, 0.5) is 0 Å². The van der Waals surface area contributed by atoms with Crippen molar-refractivity contribution in [3.8, 4) is 17.6 Å². The molecule has 0 heterocycles. The molecule has 0 aliphatic carbocycles. The van der Waals surface area contributed by atoms with Gasteiger partial charge in [0.05, 0.1) is 26.2 Å². The van der Waals surface area contributed by atoms with Crippen molar-refractivity contribution < 1.29 is 9.47 Å². The predicted octanol–water partition coefficient (Wildman–Crippen LogP) is 3.10. The van der Waals surface area contributed by atoms with Crippen LogP contribution in [0.5, 0.6) is 11.5 Å². The Bertz CT molecular complexity index is 421. The standard InChI is InChI=1S/C14H19NO2/c1-5-11(9-15)7-13-10(2)6-12(16-3)8-14(13)17-4/h6,8,11H,5,7H2,1-4H3. The van der Waals surface area contributed by atoms with Gasteiger partial charge in [0, 0.05) is 6.07 Å². The molecule has 0 bridgehead atoms. The number of nitriles is 1. The van der Waals surface area contributed by atoms with Gasteiger partial charge in [-0.1, -0.05) is 6.92 Å². The van der Waals surface area contributed by atoms with Crippen LogP contribution >= 0.6 is 0 Å². The van der Waals surface area contributed by atoms with Crippen LogP contribution < -0.4 is 9.47 Å². The lowest BCUT2D eigenvalue weighted by Gasteiger charge is -2.15. The number of hydrogen-bond acceptors (Lipinski definition) is 3. The zero-order valence-electron chi connectivity index (χ0n) is 10.9. The molecule has 1 aromatic carbocycles. The number of nitrogens with zero attached hydrogens (tertiary/aromatic N) is 1. The Kier molecular flexibility index (Phi) is 4.84. The first kappa shape index (κ1) is 13.4. The number of methoxy groups -OCH3 is 2. The molecule has 1 unspecified atom stereocenters. The van der Waals surface area contributed by atoms with Crippen LogP contribution in [-0.2, 0) is 6.42 Å². The van der Waals surface area contributed by atoms with Crippen LogP contribution in [0.25, 0.3) is 0 Å². The van der Waals surface area contributed by atoms with Gasteiger partial charge in [-0.15, -0.1) is 0 Å². The molecule has 0 spiro atoms. The van der Waals surface area contributed by atoms with E-state index >= 15 is 0 Å². The van der Waals surface area contributed by atoms with Gasteiger partial charge in [-0.25, -0.2) is 0 Å². The van der Waals surface area contributed by atoms with Gasteiger partial charge in [0.1, 0.15) is 11.5 Å². The summed E-state index contributed by atoms with van der Waals surface area (Å²) in [7, 11) is 3.28. The fourth-order valence-corrected chi connectivity index (χ4v) is 1.84. The van der Waals surface area contributed by atoms with Crippen molar-refractivity contribution in [2.24, 2.45) is 5.92 Å².